The van der Waals surface area contributed by atoms with Crippen LogP contribution in [-0.2, 0) is 0 Å². The Labute approximate surface area is 222 Å². The van der Waals surface area contributed by atoms with Gasteiger partial charge in [-0.05, 0) is 53.9 Å². The second-order valence-electron chi connectivity index (χ2n) is 9.37. The number of para-hydroxylation sites is 2. The van der Waals surface area contributed by atoms with Crippen LogP contribution in [0, 0.1) is 0 Å². The van der Waals surface area contributed by atoms with Crippen LogP contribution in [0.25, 0.3) is 51.1 Å². The molecule has 0 aliphatic rings. The van der Waals surface area contributed by atoms with Crippen molar-refractivity contribution in [2.24, 2.45) is 0 Å². The molecule has 37 heavy (non-hydrogen) atoms. The summed E-state index contributed by atoms with van der Waals surface area (Å²) >= 11 is 3.83. The van der Waals surface area contributed by atoms with Gasteiger partial charge in [-0.1, -0.05) is 78.9 Å². The number of thiophene rings is 2. The van der Waals surface area contributed by atoms with Gasteiger partial charge in [-0.25, -0.2) is 0 Å². The highest BCUT2D eigenvalue weighted by Gasteiger charge is 2.17. The van der Waals surface area contributed by atoms with Crippen molar-refractivity contribution in [3.05, 3.63) is 127 Å². The summed E-state index contributed by atoms with van der Waals surface area (Å²) in [5.74, 6) is 0. The normalized spacial score (nSPS) is 11.8. The van der Waals surface area contributed by atoms with E-state index in [0.717, 1.165) is 11.4 Å². The second kappa shape index (κ2) is 8.17. The lowest BCUT2D eigenvalue weighted by Gasteiger charge is -2.25. The summed E-state index contributed by atoms with van der Waals surface area (Å²) in [6, 6.07) is 46.2. The van der Waals surface area contributed by atoms with Crippen LogP contribution in [0.4, 0.5) is 17.1 Å². The number of anilines is 3. The van der Waals surface area contributed by atoms with Gasteiger partial charge in [-0.15, -0.1) is 22.7 Å². The fourth-order valence-corrected chi connectivity index (χ4v) is 8.12. The Morgan fingerprint density at radius 2 is 0.973 bits per heavy atom. The van der Waals surface area contributed by atoms with Crippen molar-refractivity contribution < 1.29 is 0 Å². The number of benzene rings is 6. The smallest absolute Gasteiger partial charge is 0.0468 e. The highest BCUT2D eigenvalue weighted by Crippen LogP contribution is 2.46. The molecule has 0 radical (unpaired) electrons. The maximum Gasteiger partial charge on any atom is 0.0468 e. The van der Waals surface area contributed by atoms with Gasteiger partial charge in [0.25, 0.3) is 0 Å². The molecule has 0 fully saturated rings. The quantitative estimate of drug-likeness (QED) is 0.230. The van der Waals surface area contributed by atoms with Gasteiger partial charge in [0, 0.05) is 62.8 Å². The van der Waals surface area contributed by atoms with Gasteiger partial charge >= 0.3 is 0 Å². The second-order valence-corrected chi connectivity index (χ2v) is 11.5. The average molecular weight is 508 g/mol. The number of hydrogen-bond donors (Lipinski definition) is 0. The lowest BCUT2D eigenvalue weighted by molar-refractivity contribution is 1.29. The highest BCUT2D eigenvalue weighted by molar-refractivity contribution is 7.29. The molecule has 0 saturated heterocycles. The van der Waals surface area contributed by atoms with E-state index in [9.17, 15) is 0 Å². The van der Waals surface area contributed by atoms with E-state index in [2.05, 4.69) is 132 Å². The molecule has 0 spiro atoms. The van der Waals surface area contributed by atoms with Crippen LogP contribution in [-0.4, -0.2) is 0 Å². The van der Waals surface area contributed by atoms with Crippen LogP contribution in [0.1, 0.15) is 0 Å². The molecule has 1 nitrogen and oxygen atoms in total. The Kier molecular flexibility index (Phi) is 4.63. The van der Waals surface area contributed by atoms with Gasteiger partial charge in [-0.3, -0.25) is 0 Å². The van der Waals surface area contributed by atoms with E-state index in [4.69, 9.17) is 0 Å². The summed E-state index contributed by atoms with van der Waals surface area (Å²) in [4.78, 5) is 2.34. The van der Waals surface area contributed by atoms with E-state index >= 15 is 0 Å². The van der Waals surface area contributed by atoms with Gasteiger partial charge in [0.05, 0.1) is 0 Å². The van der Waals surface area contributed by atoms with E-state index in [-0.39, 0.29) is 0 Å². The topological polar surface area (TPSA) is 3.24 Å². The minimum absolute atomic E-state index is 1.16. The molecule has 174 valence electrons. The molecule has 0 atom stereocenters. The van der Waals surface area contributed by atoms with Gasteiger partial charge in [0.2, 0.25) is 0 Å². The first-order valence-electron chi connectivity index (χ1n) is 12.4. The first-order valence-corrected chi connectivity index (χ1v) is 14.1. The molecule has 0 aliphatic heterocycles. The Bertz CT molecular complexity index is 2050. The van der Waals surface area contributed by atoms with Gasteiger partial charge < -0.3 is 4.90 Å². The lowest BCUT2D eigenvalue weighted by Crippen LogP contribution is -2.09. The molecule has 0 saturated carbocycles. The van der Waals surface area contributed by atoms with E-state index in [0.29, 0.717) is 0 Å². The largest absolute Gasteiger partial charge is 0.310 e. The van der Waals surface area contributed by atoms with Crippen molar-refractivity contribution in [1.29, 1.82) is 0 Å². The summed E-state index contributed by atoms with van der Waals surface area (Å²) in [5, 5.41) is 8.06. The minimum Gasteiger partial charge on any atom is -0.310 e. The predicted octanol–water partition coefficient (Wildman–Crippen LogP) is 11.0. The summed E-state index contributed by atoms with van der Waals surface area (Å²) in [6.07, 6.45) is 0. The highest BCUT2D eigenvalue weighted by atomic mass is 32.1. The van der Waals surface area contributed by atoms with Crippen molar-refractivity contribution in [3.63, 3.8) is 0 Å². The van der Waals surface area contributed by atoms with E-state index in [1.165, 1.54) is 56.8 Å². The molecular weight excluding hydrogens is 487 g/mol. The first-order chi connectivity index (χ1) is 18.3. The molecule has 0 bridgehead atoms. The van der Waals surface area contributed by atoms with Crippen molar-refractivity contribution in [1.82, 2.24) is 0 Å². The molecule has 2 heterocycles. The third kappa shape index (κ3) is 3.21. The summed E-state index contributed by atoms with van der Waals surface area (Å²) < 4.78 is 5.45. The van der Waals surface area contributed by atoms with Crippen LogP contribution in [0.5, 0.6) is 0 Å². The molecule has 6 aromatic carbocycles. The lowest BCUT2D eigenvalue weighted by atomic mass is 10.0. The van der Waals surface area contributed by atoms with Gasteiger partial charge in [0.1, 0.15) is 0 Å². The zero-order valence-electron chi connectivity index (χ0n) is 19.9. The predicted molar refractivity (Wildman–Crippen MR) is 164 cm³/mol. The molecule has 3 heteroatoms. The van der Waals surface area contributed by atoms with E-state index in [1.807, 2.05) is 22.7 Å². The molecule has 2 aromatic heterocycles. The van der Waals surface area contributed by atoms with Crippen LogP contribution < -0.4 is 4.90 Å². The van der Waals surface area contributed by atoms with Crippen LogP contribution >= 0.6 is 22.7 Å². The Hall–Kier alpha value is -4.18. The number of rotatable bonds is 3. The third-order valence-corrected chi connectivity index (χ3v) is 9.64. The third-order valence-electron chi connectivity index (χ3n) is 7.23. The fraction of sp³-hybridized carbons (Fsp3) is 0. The molecule has 0 aliphatic carbocycles. The average Bonchev–Trinajstić information content (AvgIpc) is 3.52. The summed E-state index contributed by atoms with van der Waals surface area (Å²) in [6.45, 7) is 0. The summed E-state index contributed by atoms with van der Waals surface area (Å²) in [5.41, 5.74) is 3.49. The molecule has 0 unspecified atom stereocenters. The van der Waals surface area contributed by atoms with Crippen molar-refractivity contribution in [2.45, 2.75) is 0 Å². The summed E-state index contributed by atoms with van der Waals surface area (Å²) in [7, 11) is 0. The Balaban J connectivity index is 1.41. The molecule has 0 amide bonds. The number of hydrogen-bond acceptors (Lipinski definition) is 3. The monoisotopic (exact) mass is 507 g/mol. The van der Waals surface area contributed by atoms with E-state index < -0.39 is 0 Å². The van der Waals surface area contributed by atoms with Crippen LogP contribution in [0.3, 0.4) is 0 Å². The van der Waals surface area contributed by atoms with Crippen LogP contribution in [0.2, 0.25) is 0 Å². The van der Waals surface area contributed by atoms with Crippen LogP contribution in [0.15, 0.2) is 127 Å². The van der Waals surface area contributed by atoms with Gasteiger partial charge in [-0.2, -0.15) is 0 Å². The first kappa shape index (κ1) is 21.0. The Morgan fingerprint density at radius 3 is 1.65 bits per heavy atom. The standard InChI is InChI=1S/C34H21NS2/c1-3-9-23(10-4-1)35(24-11-5-2-6-12-24)25-17-20-31-29(21-25)28-19-16-22-15-18-27-26-13-7-8-14-30(26)36-33(27)32(22)34(28)37-31/h1-21H. The zero-order chi connectivity index (χ0) is 24.3. The van der Waals surface area contributed by atoms with Crippen molar-refractivity contribution in [3.8, 4) is 0 Å². The fourth-order valence-electron chi connectivity index (χ4n) is 5.55. The SMILES string of the molecule is c1ccc(N(c2ccccc2)c2ccc3sc4c(ccc5ccc6c7ccccc7sc6c54)c3c2)cc1. The van der Waals surface area contributed by atoms with Gasteiger partial charge in [0.15, 0.2) is 0 Å². The zero-order valence-corrected chi connectivity index (χ0v) is 21.5. The molecular formula is C34H21NS2. The van der Waals surface area contributed by atoms with Crippen molar-refractivity contribution >= 4 is 90.9 Å². The van der Waals surface area contributed by atoms with E-state index in [1.54, 1.807) is 0 Å². The molecule has 8 aromatic rings. The number of fused-ring (bicyclic) bond motifs is 9. The molecule has 0 N–H and O–H groups in total. The maximum absolute atomic E-state index is 2.37. The minimum atomic E-state index is 1.16. The number of nitrogens with zero attached hydrogens (tertiary/aromatic N) is 1. The maximum atomic E-state index is 2.37. The van der Waals surface area contributed by atoms with Crippen molar-refractivity contribution in [2.75, 3.05) is 4.90 Å². The Morgan fingerprint density at radius 1 is 0.405 bits per heavy atom. The molecule has 8 rings (SSSR count).